The summed E-state index contributed by atoms with van der Waals surface area (Å²) >= 11 is 1.32. The molecular weight excluding hydrogens is 256 g/mol. The molecule has 0 spiro atoms. The van der Waals surface area contributed by atoms with Crippen LogP contribution in [-0.2, 0) is 10.0 Å². The molecular formula is C11H18N2O2S2. The van der Waals surface area contributed by atoms with E-state index in [4.69, 9.17) is 5.73 Å². The molecule has 0 bridgehead atoms. The highest BCUT2D eigenvalue weighted by Gasteiger charge is 2.32. The van der Waals surface area contributed by atoms with Crippen LogP contribution in [0.3, 0.4) is 0 Å². The SMILES string of the molecule is Cc1ccc(S(=O)(=O)N2CCC(C)C(N)C2)s1. The van der Waals surface area contributed by atoms with Gasteiger partial charge >= 0.3 is 0 Å². The molecule has 96 valence electrons. The third-order valence-electron chi connectivity index (χ3n) is 3.29. The van der Waals surface area contributed by atoms with Crippen LogP contribution in [0, 0.1) is 12.8 Å². The van der Waals surface area contributed by atoms with Gasteiger partial charge < -0.3 is 5.73 Å². The predicted molar refractivity (Wildman–Crippen MR) is 69.6 cm³/mol. The summed E-state index contributed by atoms with van der Waals surface area (Å²) < 4.78 is 26.6. The fourth-order valence-corrected chi connectivity index (χ4v) is 4.89. The van der Waals surface area contributed by atoms with Crippen molar-refractivity contribution >= 4 is 21.4 Å². The number of aryl methyl sites for hydroxylation is 1. The van der Waals surface area contributed by atoms with Gasteiger partial charge in [-0.2, -0.15) is 4.31 Å². The molecule has 17 heavy (non-hydrogen) atoms. The van der Waals surface area contributed by atoms with E-state index in [1.54, 1.807) is 6.07 Å². The van der Waals surface area contributed by atoms with Gasteiger partial charge in [0.2, 0.25) is 0 Å². The van der Waals surface area contributed by atoms with Crippen LogP contribution in [0.2, 0.25) is 0 Å². The molecule has 2 rings (SSSR count). The second-order valence-corrected chi connectivity index (χ2v) is 8.11. The fraction of sp³-hybridized carbons (Fsp3) is 0.636. The maximum absolute atomic E-state index is 12.3. The largest absolute Gasteiger partial charge is 0.326 e. The highest BCUT2D eigenvalue weighted by molar-refractivity contribution is 7.91. The minimum Gasteiger partial charge on any atom is -0.326 e. The summed E-state index contributed by atoms with van der Waals surface area (Å²) in [4.78, 5) is 1.01. The van der Waals surface area contributed by atoms with Gasteiger partial charge in [-0.25, -0.2) is 8.42 Å². The Kier molecular flexibility index (Phi) is 3.58. The molecule has 0 amide bonds. The molecule has 1 aliphatic rings. The van der Waals surface area contributed by atoms with Gasteiger partial charge in [-0.1, -0.05) is 6.92 Å². The lowest BCUT2D eigenvalue weighted by molar-refractivity contribution is 0.253. The summed E-state index contributed by atoms with van der Waals surface area (Å²) in [7, 11) is -3.33. The van der Waals surface area contributed by atoms with E-state index in [-0.39, 0.29) is 6.04 Å². The quantitative estimate of drug-likeness (QED) is 0.887. The number of thiophene rings is 1. The Bertz CT molecular complexity index is 495. The number of sulfonamides is 1. The van der Waals surface area contributed by atoms with E-state index in [0.29, 0.717) is 23.2 Å². The highest BCUT2D eigenvalue weighted by atomic mass is 32.2. The number of nitrogens with two attached hydrogens (primary N) is 1. The van der Waals surface area contributed by atoms with Gasteiger partial charge in [0.1, 0.15) is 4.21 Å². The maximum atomic E-state index is 12.3. The molecule has 1 aromatic heterocycles. The lowest BCUT2D eigenvalue weighted by Crippen LogP contribution is -2.49. The topological polar surface area (TPSA) is 63.4 Å². The first-order valence-corrected chi connectivity index (χ1v) is 7.99. The van der Waals surface area contributed by atoms with Gasteiger partial charge in [0, 0.05) is 24.0 Å². The summed E-state index contributed by atoms with van der Waals surface area (Å²) in [5.41, 5.74) is 5.95. The van der Waals surface area contributed by atoms with Crippen LogP contribution >= 0.6 is 11.3 Å². The van der Waals surface area contributed by atoms with E-state index in [1.807, 2.05) is 13.0 Å². The second kappa shape index (κ2) is 4.68. The van der Waals surface area contributed by atoms with Crippen LogP contribution in [0.1, 0.15) is 18.2 Å². The normalized spacial score (nSPS) is 27.2. The van der Waals surface area contributed by atoms with E-state index in [1.165, 1.54) is 15.6 Å². The molecule has 4 nitrogen and oxygen atoms in total. The molecule has 2 N–H and O–H groups in total. The molecule has 2 heterocycles. The number of nitrogens with zero attached hydrogens (tertiary/aromatic N) is 1. The number of rotatable bonds is 2. The van der Waals surface area contributed by atoms with Gasteiger partial charge in [0.15, 0.2) is 0 Å². The Morgan fingerprint density at radius 2 is 2.18 bits per heavy atom. The summed E-state index contributed by atoms with van der Waals surface area (Å²) in [5.74, 6) is 0.395. The Morgan fingerprint density at radius 3 is 2.71 bits per heavy atom. The Morgan fingerprint density at radius 1 is 1.47 bits per heavy atom. The van der Waals surface area contributed by atoms with E-state index >= 15 is 0 Å². The average Bonchev–Trinajstić information content (AvgIpc) is 2.69. The first kappa shape index (κ1) is 13.0. The minimum atomic E-state index is -3.33. The van der Waals surface area contributed by atoms with Crippen molar-refractivity contribution in [3.8, 4) is 0 Å². The molecule has 0 radical (unpaired) electrons. The standard InChI is InChI=1S/C11H18N2O2S2/c1-8-5-6-13(7-10(8)12)17(14,15)11-4-3-9(2)16-11/h3-4,8,10H,5-7,12H2,1-2H3. The lowest BCUT2D eigenvalue weighted by atomic mass is 9.96. The highest BCUT2D eigenvalue weighted by Crippen LogP contribution is 2.27. The zero-order valence-corrected chi connectivity index (χ0v) is 11.7. The summed E-state index contributed by atoms with van der Waals surface area (Å²) in [6, 6.07) is 3.46. The van der Waals surface area contributed by atoms with Crippen LogP contribution < -0.4 is 5.73 Å². The molecule has 0 saturated carbocycles. The summed E-state index contributed by atoms with van der Waals surface area (Å²) in [6.07, 6.45) is 0.838. The molecule has 0 aromatic carbocycles. The van der Waals surface area contributed by atoms with Gasteiger partial charge in [0.05, 0.1) is 0 Å². The zero-order chi connectivity index (χ0) is 12.6. The third kappa shape index (κ3) is 2.54. The fourth-order valence-electron chi connectivity index (χ4n) is 1.96. The number of piperidine rings is 1. The van der Waals surface area contributed by atoms with Gasteiger partial charge in [-0.05, 0) is 31.4 Å². The summed E-state index contributed by atoms with van der Waals surface area (Å²) in [6.45, 7) is 4.99. The van der Waals surface area contributed by atoms with Crippen LogP contribution in [0.5, 0.6) is 0 Å². The average molecular weight is 274 g/mol. The van der Waals surface area contributed by atoms with Gasteiger partial charge in [-0.3, -0.25) is 0 Å². The lowest BCUT2D eigenvalue weighted by Gasteiger charge is -2.33. The smallest absolute Gasteiger partial charge is 0.252 e. The van der Waals surface area contributed by atoms with Crippen molar-refractivity contribution in [2.45, 2.75) is 30.5 Å². The van der Waals surface area contributed by atoms with Crippen molar-refractivity contribution in [2.75, 3.05) is 13.1 Å². The first-order valence-electron chi connectivity index (χ1n) is 5.73. The third-order valence-corrected chi connectivity index (χ3v) is 6.62. The van der Waals surface area contributed by atoms with Crippen molar-refractivity contribution in [3.63, 3.8) is 0 Å². The Labute approximate surface area is 106 Å². The van der Waals surface area contributed by atoms with Gasteiger partial charge in [-0.15, -0.1) is 11.3 Å². The first-order chi connectivity index (χ1) is 7.91. The number of hydrogen-bond acceptors (Lipinski definition) is 4. The maximum Gasteiger partial charge on any atom is 0.252 e. The molecule has 6 heteroatoms. The molecule has 1 fully saturated rings. The van der Waals surface area contributed by atoms with Crippen molar-refractivity contribution in [1.29, 1.82) is 0 Å². The van der Waals surface area contributed by atoms with Crippen LogP contribution in [-0.4, -0.2) is 31.9 Å². The van der Waals surface area contributed by atoms with E-state index in [2.05, 4.69) is 6.92 Å². The number of hydrogen-bond donors (Lipinski definition) is 1. The summed E-state index contributed by atoms with van der Waals surface area (Å²) in [5, 5.41) is 0. The zero-order valence-electron chi connectivity index (χ0n) is 10.1. The van der Waals surface area contributed by atoms with Crippen molar-refractivity contribution < 1.29 is 8.42 Å². The van der Waals surface area contributed by atoms with Crippen molar-refractivity contribution in [1.82, 2.24) is 4.31 Å². The van der Waals surface area contributed by atoms with E-state index in [9.17, 15) is 8.42 Å². The molecule has 1 saturated heterocycles. The Hall–Kier alpha value is -0.430. The van der Waals surface area contributed by atoms with Gasteiger partial charge in [0.25, 0.3) is 10.0 Å². The predicted octanol–water partition coefficient (Wildman–Crippen LogP) is 1.41. The van der Waals surface area contributed by atoms with Crippen LogP contribution in [0.4, 0.5) is 0 Å². The van der Waals surface area contributed by atoms with Crippen LogP contribution in [0.25, 0.3) is 0 Å². The van der Waals surface area contributed by atoms with Crippen LogP contribution in [0.15, 0.2) is 16.3 Å². The van der Waals surface area contributed by atoms with Crippen molar-refractivity contribution in [2.24, 2.45) is 11.7 Å². The molecule has 2 unspecified atom stereocenters. The Balaban J connectivity index is 2.22. The van der Waals surface area contributed by atoms with E-state index in [0.717, 1.165) is 11.3 Å². The minimum absolute atomic E-state index is 0.0559. The molecule has 1 aromatic rings. The second-order valence-electron chi connectivity index (χ2n) is 4.66. The monoisotopic (exact) mass is 274 g/mol. The van der Waals surface area contributed by atoms with Crippen molar-refractivity contribution in [3.05, 3.63) is 17.0 Å². The molecule has 0 aliphatic carbocycles. The molecule has 1 aliphatic heterocycles. The van der Waals surface area contributed by atoms with E-state index < -0.39 is 10.0 Å². The molecule has 2 atom stereocenters.